The Kier molecular flexibility index (Phi) is 7.56. The van der Waals surface area contributed by atoms with Crippen LogP contribution in [-0.2, 0) is 6.42 Å². The van der Waals surface area contributed by atoms with Crippen molar-refractivity contribution in [3.05, 3.63) is 40.8 Å². The number of aromatic hydroxyl groups is 1. The molecule has 0 aliphatic heterocycles. The summed E-state index contributed by atoms with van der Waals surface area (Å²) in [7, 11) is 0. The number of phenolic OH excluding ortho intramolecular Hbond substituents is 1. The molecule has 1 aromatic carbocycles. The van der Waals surface area contributed by atoms with Gasteiger partial charge in [-0.25, -0.2) is 0 Å². The summed E-state index contributed by atoms with van der Waals surface area (Å²) in [6.45, 7) is 6.27. The molecular formula is C27H35F5O2S. The van der Waals surface area contributed by atoms with E-state index in [4.69, 9.17) is 0 Å². The van der Waals surface area contributed by atoms with Crippen molar-refractivity contribution in [3.8, 4) is 5.75 Å². The first kappa shape index (κ1) is 26.8. The molecule has 3 aliphatic carbocycles. The third kappa shape index (κ3) is 5.25. The van der Waals surface area contributed by atoms with Gasteiger partial charge in [-0.2, -0.15) is 22.0 Å². The molecule has 3 aliphatic rings. The Hall–Kier alpha value is -1.28. The summed E-state index contributed by atoms with van der Waals surface area (Å²) in [6, 6.07) is 5.67. The van der Waals surface area contributed by atoms with Crippen molar-refractivity contribution in [3.63, 3.8) is 0 Å². The number of aliphatic hydroxyl groups excluding tert-OH is 1. The summed E-state index contributed by atoms with van der Waals surface area (Å²) in [6.07, 6.45) is -1.03. The Morgan fingerprint density at radius 3 is 2.63 bits per heavy atom. The second kappa shape index (κ2) is 9.88. The van der Waals surface area contributed by atoms with E-state index in [0.717, 1.165) is 43.4 Å². The predicted molar refractivity (Wildman–Crippen MR) is 129 cm³/mol. The van der Waals surface area contributed by atoms with Crippen molar-refractivity contribution in [1.29, 1.82) is 0 Å². The summed E-state index contributed by atoms with van der Waals surface area (Å²) in [5.41, 5.74) is 2.40. The van der Waals surface area contributed by atoms with E-state index >= 15 is 0 Å². The predicted octanol–water partition coefficient (Wildman–Crippen LogP) is 7.84. The molecule has 4 rings (SSSR count). The molecule has 1 aromatic rings. The van der Waals surface area contributed by atoms with Gasteiger partial charge >= 0.3 is 12.1 Å². The van der Waals surface area contributed by atoms with E-state index in [0.29, 0.717) is 30.1 Å². The molecule has 0 radical (unpaired) electrons. The van der Waals surface area contributed by atoms with Gasteiger partial charge in [0.15, 0.2) is 0 Å². The summed E-state index contributed by atoms with van der Waals surface area (Å²) >= 11 is 1.28. The van der Waals surface area contributed by atoms with Crippen molar-refractivity contribution < 1.29 is 32.2 Å². The Morgan fingerprint density at radius 1 is 1.17 bits per heavy atom. The van der Waals surface area contributed by atoms with E-state index in [1.165, 1.54) is 22.9 Å². The standard InChI is InChI=1S/C27H35F5O2S/c1-16(35-13-3-11-26(28,29)27(30,31)32)4-5-17-14-18-15-19(33)6-7-20(18)21-10-12-25(2)22(24(17)21)8-9-23(25)34/h6-7,15,17,21-24,33-34H,1,3-5,8-14H2,2H3. The fraction of sp³-hybridized carbons (Fsp3) is 0.704. The molecular weight excluding hydrogens is 483 g/mol. The highest BCUT2D eigenvalue weighted by molar-refractivity contribution is 8.03. The lowest BCUT2D eigenvalue weighted by atomic mass is 9.52. The SMILES string of the molecule is C=C(CCC1Cc2cc(O)ccc2C2CCC3(C)C(O)CCC3C12)SCCCC(F)(F)C(F)(F)F. The second-order valence-electron chi connectivity index (χ2n) is 11.0. The first-order valence-corrected chi connectivity index (χ1v) is 13.6. The van der Waals surface area contributed by atoms with Gasteiger partial charge in [-0.1, -0.05) is 19.6 Å². The van der Waals surface area contributed by atoms with Crippen molar-refractivity contribution in [2.24, 2.45) is 23.2 Å². The molecule has 2 fully saturated rings. The Labute approximate surface area is 208 Å². The van der Waals surface area contributed by atoms with Gasteiger partial charge in [0, 0.05) is 6.42 Å². The third-order valence-corrected chi connectivity index (χ3v) is 10.1. The average Bonchev–Trinajstić information content (AvgIpc) is 3.08. The number of aliphatic hydroxyl groups is 1. The van der Waals surface area contributed by atoms with Crippen LogP contribution in [0.25, 0.3) is 0 Å². The zero-order valence-electron chi connectivity index (χ0n) is 20.1. The van der Waals surface area contributed by atoms with Crippen LogP contribution in [0, 0.1) is 23.2 Å². The number of hydrogen-bond acceptors (Lipinski definition) is 3. The molecule has 6 unspecified atom stereocenters. The highest BCUT2D eigenvalue weighted by Crippen LogP contribution is 2.62. The molecule has 2 nitrogen and oxygen atoms in total. The van der Waals surface area contributed by atoms with E-state index in [-0.39, 0.29) is 29.4 Å². The van der Waals surface area contributed by atoms with Crippen LogP contribution in [0.2, 0.25) is 0 Å². The second-order valence-corrected chi connectivity index (χ2v) is 12.3. The topological polar surface area (TPSA) is 40.5 Å². The van der Waals surface area contributed by atoms with E-state index in [9.17, 15) is 32.2 Å². The van der Waals surface area contributed by atoms with Gasteiger partial charge in [-0.05, 0) is 114 Å². The summed E-state index contributed by atoms with van der Waals surface area (Å²) in [5.74, 6) is -2.63. The van der Waals surface area contributed by atoms with E-state index < -0.39 is 18.5 Å². The molecule has 0 aromatic heterocycles. The summed E-state index contributed by atoms with van der Waals surface area (Å²) in [4.78, 5) is 0.809. The Bertz CT molecular complexity index is 933. The normalized spacial score (nSPS) is 32.6. The highest BCUT2D eigenvalue weighted by atomic mass is 32.2. The molecule has 8 heteroatoms. The minimum absolute atomic E-state index is 0.0800. The number of allylic oxidation sites excluding steroid dienone is 1. The zero-order valence-corrected chi connectivity index (χ0v) is 20.9. The number of halogens is 5. The number of hydrogen-bond donors (Lipinski definition) is 2. The smallest absolute Gasteiger partial charge is 0.453 e. The lowest BCUT2D eigenvalue weighted by Crippen LogP contribution is -2.47. The zero-order chi connectivity index (χ0) is 25.6. The molecule has 0 amide bonds. The van der Waals surface area contributed by atoms with Crippen LogP contribution >= 0.6 is 11.8 Å². The van der Waals surface area contributed by atoms with Gasteiger partial charge in [0.1, 0.15) is 5.75 Å². The third-order valence-electron chi connectivity index (χ3n) is 8.99. The van der Waals surface area contributed by atoms with Gasteiger partial charge in [0.25, 0.3) is 0 Å². The van der Waals surface area contributed by atoms with Crippen LogP contribution in [0.4, 0.5) is 22.0 Å². The van der Waals surface area contributed by atoms with Crippen LogP contribution in [0.3, 0.4) is 0 Å². The van der Waals surface area contributed by atoms with Crippen molar-refractivity contribution in [2.75, 3.05) is 5.75 Å². The van der Waals surface area contributed by atoms with Crippen molar-refractivity contribution >= 4 is 11.8 Å². The molecule has 35 heavy (non-hydrogen) atoms. The van der Waals surface area contributed by atoms with Gasteiger partial charge < -0.3 is 10.2 Å². The number of fused-ring (bicyclic) bond motifs is 5. The van der Waals surface area contributed by atoms with E-state index in [1.54, 1.807) is 6.07 Å². The van der Waals surface area contributed by atoms with Gasteiger partial charge in [0.05, 0.1) is 6.10 Å². The molecule has 2 N–H and O–H groups in total. The van der Waals surface area contributed by atoms with Crippen molar-refractivity contribution in [2.45, 2.75) is 88.8 Å². The van der Waals surface area contributed by atoms with Crippen LogP contribution in [0.5, 0.6) is 5.75 Å². The lowest BCUT2D eigenvalue weighted by Gasteiger charge is -2.53. The number of alkyl halides is 5. The average molecular weight is 519 g/mol. The largest absolute Gasteiger partial charge is 0.508 e. The van der Waals surface area contributed by atoms with E-state index in [1.807, 2.05) is 6.07 Å². The van der Waals surface area contributed by atoms with Gasteiger partial charge in [-0.3, -0.25) is 0 Å². The van der Waals surface area contributed by atoms with Gasteiger partial charge in [-0.15, -0.1) is 11.8 Å². The van der Waals surface area contributed by atoms with Crippen LogP contribution in [0.1, 0.15) is 75.3 Å². The first-order chi connectivity index (χ1) is 16.3. The monoisotopic (exact) mass is 518 g/mol. The first-order valence-electron chi connectivity index (χ1n) is 12.6. The molecule has 0 bridgehead atoms. The number of thioether (sulfide) groups is 1. The molecule has 6 atom stereocenters. The quantitative estimate of drug-likeness (QED) is 0.272. The maximum absolute atomic E-state index is 13.1. The van der Waals surface area contributed by atoms with Gasteiger partial charge in [0.2, 0.25) is 0 Å². The molecule has 0 spiro atoms. The van der Waals surface area contributed by atoms with Crippen LogP contribution < -0.4 is 0 Å². The fourth-order valence-corrected chi connectivity index (χ4v) is 7.94. The summed E-state index contributed by atoms with van der Waals surface area (Å²) < 4.78 is 63.3. The van der Waals surface area contributed by atoms with Crippen LogP contribution in [-0.4, -0.2) is 34.2 Å². The number of benzene rings is 1. The van der Waals surface area contributed by atoms with Crippen LogP contribution in [0.15, 0.2) is 29.7 Å². The molecule has 2 saturated carbocycles. The molecule has 0 saturated heterocycles. The minimum Gasteiger partial charge on any atom is -0.508 e. The molecule has 0 heterocycles. The van der Waals surface area contributed by atoms with E-state index in [2.05, 4.69) is 19.6 Å². The summed E-state index contributed by atoms with van der Waals surface area (Å²) in [5, 5.41) is 20.8. The maximum atomic E-state index is 13.1. The number of phenols is 1. The Balaban J connectivity index is 1.40. The highest BCUT2D eigenvalue weighted by Gasteiger charge is 2.57. The maximum Gasteiger partial charge on any atom is 0.453 e. The Morgan fingerprint density at radius 2 is 1.91 bits per heavy atom. The lowest BCUT2D eigenvalue weighted by molar-refractivity contribution is -0.284. The van der Waals surface area contributed by atoms with Crippen molar-refractivity contribution in [1.82, 2.24) is 0 Å². The molecule has 196 valence electrons. The fourth-order valence-electron chi connectivity index (χ4n) is 7.10. The number of rotatable bonds is 8. The minimum atomic E-state index is -5.50.